The Kier molecular flexibility index (Phi) is 4.22. The first-order chi connectivity index (χ1) is 10.1. The molecule has 0 atom stereocenters. The summed E-state index contributed by atoms with van der Waals surface area (Å²) in [7, 11) is 0. The zero-order valence-electron chi connectivity index (χ0n) is 11.0. The molecular weight excluding hydrogens is 361 g/mol. The Morgan fingerprint density at radius 2 is 1.90 bits per heavy atom. The Morgan fingerprint density at radius 1 is 1.19 bits per heavy atom. The number of hydrogen-bond acceptors (Lipinski definition) is 3. The third kappa shape index (κ3) is 3.09. The standard InChI is InChI=1S/C15H12BrClFNO2/c16-10-6-14-15(21-5-4-20-14)7-13(10)19-8-9-11(17)2-1-3-12(9)18/h1-3,6-7,19H,4-5,8H2. The van der Waals surface area contributed by atoms with Gasteiger partial charge >= 0.3 is 0 Å². The fraction of sp³-hybridized carbons (Fsp3) is 0.200. The summed E-state index contributed by atoms with van der Waals surface area (Å²) in [6.45, 7) is 1.34. The van der Waals surface area contributed by atoms with Gasteiger partial charge in [-0.05, 0) is 28.1 Å². The van der Waals surface area contributed by atoms with Crippen LogP contribution < -0.4 is 14.8 Å². The number of halogens is 3. The Morgan fingerprint density at radius 3 is 2.62 bits per heavy atom. The molecular formula is C15H12BrClFNO2. The van der Waals surface area contributed by atoms with Crippen molar-refractivity contribution < 1.29 is 13.9 Å². The first-order valence-corrected chi connectivity index (χ1v) is 7.58. The van der Waals surface area contributed by atoms with Crippen LogP contribution in [0.5, 0.6) is 11.5 Å². The first-order valence-electron chi connectivity index (χ1n) is 6.41. The van der Waals surface area contributed by atoms with Crippen molar-refractivity contribution in [2.45, 2.75) is 6.54 Å². The molecule has 6 heteroatoms. The average Bonchev–Trinajstić information content (AvgIpc) is 2.47. The maximum absolute atomic E-state index is 13.7. The van der Waals surface area contributed by atoms with E-state index in [0.717, 1.165) is 10.2 Å². The molecule has 0 spiro atoms. The summed E-state index contributed by atoms with van der Waals surface area (Å²) < 4.78 is 25.6. The van der Waals surface area contributed by atoms with Crippen LogP contribution in [0.25, 0.3) is 0 Å². The van der Waals surface area contributed by atoms with Gasteiger partial charge in [0.15, 0.2) is 11.5 Å². The van der Waals surface area contributed by atoms with E-state index < -0.39 is 0 Å². The second-order valence-corrected chi connectivity index (χ2v) is 5.79. The fourth-order valence-electron chi connectivity index (χ4n) is 2.08. The molecule has 2 aromatic rings. The summed E-state index contributed by atoms with van der Waals surface area (Å²) >= 11 is 9.48. The van der Waals surface area contributed by atoms with Crippen molar-refractivity contribution in [2.24, 2.45) is 0 Å². The SMILES string of the molecule is Fc1cccc(Cl)c1CNc1cc2c(cc1Br)OCCO2. The molecule has 1 aliphatic heterocycles. The molecule has 0 amide bonds. The molecule has 0 fully saturated rings. The maximum Gasteiger partial charge on any atom is 0.163 e. The van der Waals surface area contributed by atoms with Crippen LogP contribution in [0.4, 0.5) is 10.1 Å². The van der Waals surface area contributed by atoms with Gasteiger partial charge in [0.1, 0.15) is 19.0 Å². The molecule has 1 N–H and O–H groups in total. The van der Waals surface area contributed by atoms with Gasteiger partial charge in [-0.3, -0.25) is 0 Å². The molecule has 2 aromatic carbocycles. The van der Waals surface area contributed by atoms with E-state index in [9.17, 15) is 4.39 Å². The van der Waals surface area contributed by atoms with E-state index in [4.69, 9.17) is 21.1 Å². The minimum Gasteiger partial charge on any atom is -0.486 e. The van der Waals surface area contributed by atoms with Gasteiger partial charge in [-0.15, -0.1) is 0 Å². The van der Waals surface area contributed by atoms with E-state index in [-0.39, 0.29) is 12.4 Å². The van der Waals surface area contributed by atoms with Gasteiger partial charge in [0.05, 0.1) is 5.69 Å². The Bertz CT molecular complexity index is 661. The van der Waals surface area contributed by atoms with Crippen LogP contribution in [0.15, 0.2) is 34.8 Å². The number of benzene rings is 2. The lowest BCUT2D eigenvalue weighted by molar-refractivity contribution is 0.171. The van der Waals surface area contributed by atoms with Gasteiger partial charge < -0.3 is 14.8 Å². The van der Waals surface area contributed by atoms with Crippen molar-refractivity contribution in [3.8, 4) is 11.5 Å². The molecule has 0 saturated carbocycles. The van der Waals surface area contributed by atoms with Crippen LogP contribution in [-0.4, -0.2) is 13.2 Å². The summed E-state index contributed by atoms with van der Waals surface area (Å²) in [4.78, 5) is 0. The molecule has 21 heavy (non-hydrogen) atoms. The smallest absolute Gasteiger partial charge is 0.163 e. The summed E-state index contributed by atoms with van der Waals surface area (Å²) in [5, 5.41) is 3.55. The van der Waals surface area contributed by atoms with Crippen LogP contribution in [0.1, 0.15) is 5.56 Å². The Balaban J connectivity index is 1.82. The Hall–Kier alpha value is -1.46. The number of rotatable bonds is 3. The maximum atomic E-state index is 13.7. The number of anilines is 1. The molecule has 110 valence electrons. The number of nitrogens with one attached hydrogen (secondary N) is 1. The lowest BCUT2D eigenvalue weighted by Gasteiger charge is -2.20. The van der Waals surface area contributed by atoms with E-state index in [0.29, 0.717) is 35.3 Å². The molecule has 0 bridgehead atoms. The fourth-order valence-corrected chi connectivity index (χ4v) is 2.78. The molecule has 0 unspecified atom stereocenters. The number of ether oxygens (including phenoxy) is 2. The molecule has 3 rings (SSSR count). The Labute approximate surface area is 135 Å². The third-order valence-corrected chi connectivity index (χ3v) is 4.16. The predicted molar refractivity (Wildman–Crippen MR) is 83.9 cm³/mol. The molecule has 3 nitrogen and oxygen atoms in total. The van der Waals surface area contributed by atoms with Gasteiger partial charge in [-0.25, -0.2) is 4.39 Å². The average molecular weight is 373 g/mol. The van der Waals surface area contributed by atoms with E-state index in [1.54, 1.807) is 12.1 Å². The lowest BCUT2D eigenvalue weighted by Crippen LogP contribution is -2.15. The van der Waals surface area contributed by atoms with Crippen molar-refractivity contribution >= 4 is 33.2 Å². The van der Waals surface area contributed by atoms with Gasteiger partial charge in [0.2, 0.25) is 0 Å². The summed E-state index contributed by atoms with van der Waals surface area (Å²) in [5.74, 6) is 1.04. The molecule has 0 radical (unpaired) electrons. The predicted octanol–water partition coefficient (Wildman–Crippen LogP) is 4.62. The minimum absolute atomic E-state index is 0.281. The van der Waals surface area contributed by atoms with Gasteiger partial charge in [0.25, 0.3) is 0 Å². The second-order valence-electron chi connectivity index (χ2n) is 4.53. The normalized spacial score (nSPS) is 13.1. The van der Waals surface area contributed by atoms with Crippen LogP contribution in [0.3, 0.4) is 0 Å². The zero-order chi connectivity index (χ0) is 14.8. The molecule has 1 aliphatic rings. The van der Waals surface area contributed by atoms with Crippen molar-refractivity contribution in [3.63, 3.8) is 0 Å². The van der Waals surface area contributed by atoms with E-state index in [1.807, 2.05) is 12.1 Å². The van der Waals surface area contributed by atoms with E-state index in [2.05, 4.69) is 21.2 Å². The quantitative estimate of drug-likeness (QED) is 0.852. The number of fused-ring (bicyclic) bond motifs is 1. The minimum atomic E-state index is -0.330. The third-order valence-electron chi connectivity index (χ3n) is 3.15. The molecule has 0 aromatic heterocycles. The van der Waals surface area contributed by atoms with Crippen LogP contribution >= 0.6 is 27.5 Å². The highest BCUT2D eigenvalue weighted by molar-refractivity contribution is 9.10. The summed E-state index contributed by atoms with van der Waals surface area (Å²) in [6, 6.07) is 8.30. The largest absolute Gasteiger partial charge is 0.486 e. The van der Waals surface area contributed by atoms with Gasteiger partial charge in [0, 0.05) is 33.7 Å². The molecule has 1 heterocycles. The monoisotopic (exact) mass is 371 g/mol. The zero-order valence-corrected chi connectivity index (χ0v) is 13.3. The first kappa shape index (κ1) is 14.5. The van der Waals surface area contributed by atoms with E-state index >= 15 is 0 Å². The van der Waals surface area contributed by atoms with Crippen molar-refractivity contribution in [1.82, 2.24) is 0 Å². The molecule has 0 saturated heterocycles. The van der Waals surface area contributed by atoms with Gasteiger partial charge in [-0.2, -0.15) is 0 Å². The van der Waals surface area contributed by atoms with E-state index in [1.165, 1.54) is 6.07 Å². The van der Waals surface area contributed by atoms with Crippen molar-refractivity contribution in [3.05, 3.63) is 51.2 Å². The van der Waals surface area contributed by atoms with Crippen molar-refractivity contribution in [1.29, 1.82) is 0 Å². The van der Waals surface area contributed by atoms with Crippen molar-refractivity contribution in [2.75, 3.05) is 18.5 Å². The van der Waals surface area contributed by atoms with Gasteiger partial charge in [-0.1, -0.05) is 17.7 Å². The van der Waals surface area contributed by atoms with Crippen LogP contribution in [0, 0.1) is 5.82 Å². The van der Waals surface area contributed by atoms with Crippen LogP contribution in [-0.2, 0) is 6.54 Å². The lowest BCUT2D eigenvalue weighted by atomic mass is 10.2. The summed E-state index contributed by atoms with van der Waals surface area (Å²) in [6.07, 6.45) is 0. The second kappa shape index (κ2) is 6.12. The highest BCUT2D eigenvalue weighted by Gasteiger charge is 2.15. The van der Waals surface area contributed by atoms with Crippen LogP contribution in [0.2, 0.25) is 5.02 Å². The molecule has 0 aliphatic carbocycles. The topological polar surface area (TPSA) is 30.5 Å². The highest BCUT2D eigenvalue weighted by atomic mass is 79.9. The summed E-state index contributed by atoms with van der Waals surface area (Å²) in [5.41, 5.74) is 1.22. The highest BCUT2D eigenvalue weighted by Crippen LogP contribution is 2.38. The number of hydrogen-bond donors (Lipinski definition) is 1.